The molecule has 0 spiro atoms. The Labute approximate surface area is 152 Å². The van der Waals surface area contributed by atoms with Crippen LogP contribution in [0.4, 0.5) is 0 Å². The van der Waals surface area contributed by atoms with Gasteiger partial charge in [0.15, 0.2) is 0 Å². The first kappa shape index (κ1) is 17.4. The minimum atomic E-state index is -0.259. The van der Waals surface area contributed by atoms with Crippen LogP contribution in [-0.4, -0.2) is 20.9 Å². The van der Waals surface area contributed by atoms with Gasteiger partial charge in [-0.3, -0.25) is 4.79 Å². The van der Waals surface area contributed by atoms with E-state index < -0.39 is 0 Å². The number of para-hydroxylation sites is 1. The molecular weight excluding hydrogens is 336 g/mol. The molecule has 0 saturated carbocycles. The van der Waals surface area contributed by atoms with E-state index in [4.69, 9.17) is 11.6 Å². The zero-order valence-electron chi connectivity index (χ0n) is 14.3. The molecule has 1 atom stereocenters. The number of halogens is 1. The number of nitrogens with one attached hydrogen (secondary N) is 1. The van der Waals surface area contributed by atoms with Gasteiger partial charge in [-0.05, 0) is 55.2 Å². The van der Waals surface area contributed by atoms with Crippen molar-refractivity contribution >= 4 is 28.5 Å². The Hall–Kier alpha value is -2.40. The van der Waals surface area contributed by atoms with Crippen molar-refractivity contribution in [1.29, 1.82) is 0 Å². The molecule has 130 valence electrons. The number of benzene rings is 2. The number of nitrogens with zero attached hydrogens (tertiary/aromatic N) is 3. The van der Waals surface area contributed by atoms with Crippen molar-refractivity contribution in [3.05, 3.63) is 59.1 Å². The SMILES string of the molecule is CCC(CC)C(NC(=O)c1ccc(Cl)cc1)n1nnc2ccccc21. The first-order valence-corrected chi connectivity index (χ1v) is 8.88. The molecule has 5 nitrogen and oxygen atoms in total. The van der Waals surface area contributed by atoms with Gasteiger partial charge in [-0.1, -0.05) is 42.8 Å². The van der Waals surface area contributed by atoms with Crippen molar-refractivity contribution < 1.29 is 4.79 Å². The normalized spacial score (nSPS) is 12.5. The second-order valence-corrected chi connectivity index (χ2v) is 6.46. The maximum atomic E-state index is 12.7. The third kappa shape index (κ3) is 3.66. The third-order valence-electron chi connectivity index (χ3n) is 4.52. The minimum absolute atomic E-state index is 0.145. The second kappa shape index (κ2) is 7.66. The highest BCUT2D eigenvalue weighted by molar-refractivity contribution is 6.30. The van der Waals surface area contributed by atoms with Gasteiger partial charge in [-0.25, -0.2) is 4.68 Å². The zero-order valence-corrected chi connectivity index (χ0v) is 15.1. The van der Waals surface area contributed by atoms with Crippen LogP contribution in [-0.2, 0) is 0 Å². The van der Waals surface area contributed by atoms with Gasteiger partial charge in [0.2, 0.25) is 0 Å². The van der Waals surface area contributed by atoms with Crippen LogP contribution in [0.1, 0.15) is 43.2 Å². The maximum absolute atomic E-state index is 12.7. The molecule has 3 aromatic rings. The molecule has 1 heterocycles. The van der Waals surface area contributed by atoms with Gasteiger partial charge in [0, 0.05) is 10.6 Å². The Bertz CT molecular complexity index is 855. The molecule has 0 aliphatic rings. The summed E-state index contributed by atoms with van der Waals surface area (Å²) in [6, 6.07) is 14.7. The quantitative estimate of drug-likeness (QED) is 0.709. The fourth-order valence-electron chi connectivity index (χ4n) is 3.03. The van der Waals surface area contributed by atoms with Crippen LogP contribution in [0.2, 0.25) is 5.02 Å². The Morgan fingerprint density at radius 2 is 1.80 bits per heavy atom. The Morgan fingerprint density at radius 1 is 1.12 bits per heavy atom. The van der Waals surface area contributed by atoms with Crippen LogP contribution in [0.15, 0.2) is 48.5 Å². The third-order valence-corrected chi connectivity index (χ3v) is 4.77. The average Bonchev–Trinajstić information content (AvgIpc) is 3.06. The summed E-state index contributed by atoms with van der Waals surface area (Å²) in [5.74, 6) is 0.106. The van der Waals surface area contributed by atoms with E-state index in [1.165, 1.54) is 0 Å². The van der Waals surface area contributed by atoms with E-state index in [0.717, 1.165) is 23.9 Å². The molecule has 1 unspecified atom stereocenters. The largest absolute Gasteiger partial charge is 0.330 e. The fraction of sp³-hybridized carbons (Fsp3) is 0.316. The number of amides is 1. The summed E-state index contributed by atoms with van der Waals surface area (Å²) in [5, 5.41) is 12.3. The number of hydrogen-bond donors (Lipinski definition) is 1. The summed E-state index contributed by atoms with van der Waals surface area (Å²) in [4.78, 5) is 12.7. The van der Waals surface area contributed by atoms with E-state index >= 15 is 0 Å². The summed E-state index contributed by atoms with van der Waals surface area (Å²) < 4.78 is 1.82. The highest BCUT2D eigenvalue weighted by atomic mass is 35.5. The second-order valence-electron chi connectivity index (χ2n) is 6.02. The van der Waals surface area contributed by atoms with Crippen LogP contribution in [0.3, 0.4) is 0 Å². The lowest BCUT2D eigenvalue weighted by Crippen LogP contribution is -2.37. The minimum Gasteiger partial charge on any atom is -0.330 e. The molecule has 0 aliphatic carbocycles. The number of carbonyl (C=O) groups is 1. The first-order chi connectivity index (χ1) is 12.1. The lowest BCUT2D eigenvalue weighted by atomic mass is 9.99. The molecule has 2 aromatic carbocycles. The maximum Gasteiger partial charge on any atom is 0.252 e. The smallest absolute Gasteiger partial charge is 0.252 e. The van der Waals surface area contributed by atoms with Gasteiger partial charge >= 0.3 is 0 Å². The molecule has 3 rings (SSSR count). The van der Waals surface area contributed by atoms with Crippen LogP contribution in [0.5, 0.6) is 0 Å². The molecule has 6 heteroatoms. The first-order valence-electron chi connectivity index (χ1n) is 8.50. The van der Waals surface area contributed by atoms with Crippen molar-refractivity contribution in [2.24, 2.45) is 5.92 Å². The van der Waals surface area contributed by atoms with Gasteiger partial charge in [0.25, 0.3) is 5.91 Å². The highest BCUT2D eigenvalue weighted by Crippen LogP contribution is 2.25. The lowest BCUT2D eigenvalue weighted by Gasteiger charge is -2.27. The number of rotatable bonds is 6. The van der Waals surface area contributed by atoms with E-state index in [-0.39, 0.29) is 18.0 Å². The van der Waals surface area contributed by atoms with Crippen LogP contribution >= 0.6 is 11.6 Å². The molecule has 0 fully saturated rings. The Kier molecular flexibility index (Phi) is 5.34. The van der Waals surface area contributed by atoms with Crippen molar-refractivity contribution in [1.82, 2.24) is 20.3 Å². The molecule has 0 aliphatic heterocycles. The van der Waals surface area contributed by atoms with E-state index in [0.29, 0.717) is 10.6 Å². The summed E-state index contributed by atoms with van der Waals surface area (Å²) >= 11 is 5.91. The van der Waals surface area contributed by atoms with Crippen LogP contribution in [0.25, 0.3) is 11.0 Å². The predicted octanol–water partition coefficient (Wildman–Crippen LogP) is 4.45. The standard InChI is InChI=1S/C19H21ClN4O/c1-3-13(4-2)18(21-19(25)14-9-11-15(20)12-10-14)24-17-8-6-5-7-16(17)22-23-24/h5-13,18H,3-4H2,1-2H3,(H,21,25). The van der Waals surface area contributed by atoms with E-state index in [1.807, 2.05) is 28.9 Å². The summed E-state index contributed by atoms with van der Waals surface area (Å²) in [5.41, 5.74) is 2.31. The van der Waals surface area contributed by atoms with Crippen LogP contribution < -0.4 is 5.32 Å². The molecule has 0 radical (unpaired) electrons. The summed E-state index contributed by atoms with van der Waals surface area (Å²) in [7, 11) is 0. The number of fused-ring (bicyclic) bond motifs is 1. The van der Waals surface area contributed by atoms with Gasteiger partial charge in [0.1, 0.15) is 11.7 Å². The lowest BCUT2D eigenvalue weighted by molar-refractivity contribution is 0.0883. The van der Waals surface area contributed by atoms with Crippen molar-refractivity contribution in [3.8, 4) is 0 Å². The number of aromatic nitrogens is 3. The molecular formula is C19H21ClN4O. The monoisotopic (exact) mass is 356 g/mol. The van der Waals surface area contributed by atoms with Crippen molar-refractivity contribution in [3.63, 3.8) is 0 Å². The summed E-state index contributed by atoms with van der Waals surface area (Å²) in [6.45, 7) is 4.24. The van der Waals surface area contributed by atoms with E-state index in [9.17, 15) is 4.79 Å². The van der Waals surface area contributed by atoms with E-state index in [1.54, 1.807) is 24.3 Å². The Balaban J connectivity index is 1.95. The van der Waals surface area contributed by atoms with Crippen LogP contribution in [0, 0.1) is 5.92 Å². The number of carbonyl (C=O) groups excluding carboxylic acids is 1. The molecule has 0 saturated heterocycles. The van der Waals surface area contributed by atoms with Gasteiger partial charge < -0.3 is 5.32 Å². The number of hydrogen-bond acceptors (Lipinski definition) is 3. The Morgan fingerprint density at radius 3 is 2.48 bits per heavy atom. The average molecular weight is 357 g/mol. The van der Waals surface area contributed by atoms with Gasteiger partial charge in [-0.15, -0.1) is 5.10 Å². The molecule has 0 bridgehead atoms. The van der Waals surface area contributed by atoms with Crippen molar-refractivity contribution in [2.75, 3.05) is 0 Å². The predicted molar refractivity (Wildman–Crippen MR) is 99.6 cm³/mol. The molecule has 25 heavy (non-hydrogen) atoms. The van der Waals surface area contributed by atoms with Gasteiger partial charge in [0.05, 0.1) is 5.52 Å². The molecule has 1 aromatic heterocycles. The zero-order chi connectivity index (χ0) is 17.8. The fourth-order valence-corrected chi connectivity index (χ4v) is 3.15. The van der Waals surface area contributed by atoms with E-state index in [2.05, 4.69) is 29.5 Å². The molecule has 1 amide bonds. The summed E-state index contributed by atoms with van der Waals surface area (Å²) in [6.07, 6.45) is 1.59. The van der Waals surface area contributed by atoms with Crippen molar-refractivity contribution in [2.45, 2.75) is 32.9 Å². The molecule has 1 N–H and O–H groups in total. The topological polar surface area (TPSA) is 59.8 Å². The van der Waals surface area contributed by atoms with Gasteiger partial charge in [-0.2, -0.15) is 0 Å². The highest BCUT2D eigenvalue weighted by Gasteiger charge is 2.25.